The van der Waals surface area contributed by atoms with Crippen LogP contribution in [0.1, 0.15) is 44.4 Å². The molecule has 1 aromatic carbocycles. The van der Waals surface area contributed by atoms with E-state index in [0.717, 1.165) is 11.1 Å². The second kappa shape index (κ2) is 4.86. The summed E-state index contributed by atoms with van der Waals surface area (Å²) >= 11 is 0. The van der Waals surface area contributed by atoms with Crippen molar-refractivity contribution < 1.29 is 9.52 Å². The third-order valence-electron chi connectivity index (χ3n) is 3.51. The lowest BCUT2D eigenvalue weighted by Gasteiger charge is -2.23. The van der Waals surface area contributed by atoms with E-state index in [1.165, 1.54) is 5.56 Å². The van der Waals surface area contributed by atoms with E-state index in [9.17, 15) is 5.11 Å². The second-order valence-corrected chi connectivity index (χ2v) is 6.41. The van der Waals surface area contributed by atoms with Crippen molar-refractivity contribution in [2.24, 2.45) is 0 Å². The lowest BCUT2D eigenvalue weighted by atomic mass is 9.85. The summed E-state index contributed by atoms with van der Waals surface area (Å²) in [6.07, 6.45) is 3.77. The van der Waals surface area contributed by atoms with Gasteiger partial charge in [-0.1, -0.05) is 45.0 Å². The molecular weight excluding hydrogens is 236 g/mol. The normalized spacial score (nSPS) is 15.2. The van der Waals surface area contributed by atoms with Crippen LogP contribution in [-0.4, -0.2) is 5.11 Å². The molecule has 2 heteroatoms. The molecule has 1 atom stereocenters. The predicted octanol–water partition coefficient (Wildman–Crippen LogP) is 4.03. The van der Waals surface area contributed by atoms with Gasteiger partial charge in [0.15, 0.2) is 0 Å². The average Bonchev–Trinajstić information content (AvgIpc) is 2.82. The minimum absolute atomic E-state index is 0.158. The Morgan fingerprint density at radius 1 is 0.947 bits per heavy atom. The van der Waals surface area contributed by atoms with Gasteiger partial charge in [0, 0.05) is 12.0 Å². The first-order chi connectivity index (χ1) is 8.79. The van der Waals surface area contributed by atoms with Crippen LogP contribution in [0.5, 0.6) is 0 Å². The van der Waals surface area contributed by atoms with E-state index in [1.54, 1.807) is 12.5 Å². The third-order valence-corrected chi connectivity index (χ3v) is 3.51. The molecule has 19 heavy (non-hydrogen) atoms. The summed E-state index contributed by atoms with van der Waals surface area (Å²) in [5.41, 5.74) is 2.51. The highest BCUT2D eigenvalue weighted by atomic mass is 16.3. The minimum Gasteiger partial charge on any atom is -0.472 e. The van der Waals surface area contributed by atoms with Crippen LogP contribution in [0.25, 0.3) is 0 Å². The van der Waals surface area contributed by atoms with E-state index in [2.05, 4.69) is 45.0 Å². The molecule has 1 aromatic heterocycles. The molecule has 1 N–H and O–H groups in total. The maximum absolute atomic E-state index is 10.5. The van der Waals surface area contributed by atoms with Crippen LogP contribution in [0.2, 0.25) is 0 Å². The van der Waals surface area contributed by atoms with E-state index >= 15 is 0 Å². The Balaban J connectivity index is 2.16. The van der Waals surface area contributed by atoms with Gasteiger partial charge in [0.05, 0.1) is 18.1 Å². The van der Waals surface area contributed by atoms with Crippen molar-refractivity contribution in [3.05, 3.63) is 59.5 Å². The molecule has 0 bridgehead atoms. The largest absolute Gasteiger partial charge is 0.472 e. The molecule has 1 heterocycles. The SMILES string of the molecule is CC(C)(C)c1ccc(CC(C)(O)c2ccoc2)cc1. The van der Waals surface area contributed by atoms with Crippen LogP contribution in [0.3, 0.4) is 0 Å². The molecule has 0 amide bonds. The van der Waals surface area contributed by atoms with Gasteiger partial charge in [0.1, 0.15) is 0 Å². The predicted molar refractivity (Wildman–Crippen MR) is 77.1 cm³/mol. The van der Waals surface area contributed by atoms with Crippen LogP contribution >= 0.6 is 0 Å². The number of furan rings is 1. The number of hydrogen-bond acceptors (Lipinski definition) is 2. The molecule has 1 unspecified atom stereocenters. The summed E-state index contributed by atoms with van der Waals surface area (Å²) in [5.74, 6) is 0. The molecule has 2 rings (SSSR count). The van der Waals surface area contributed by atoms with Gasteiger partial charge in [-0.3, -0.25) is 0 Å². The van der Waals surface area contributed by atoms with Crippen molar-refractivity contribution in [2.75, 3.05) is 0 Å². The molecular formula is C17H22O2. The highest BCUT2D eigenvalue weighted by Gasteiger charge is 2.25. The van der Waals surface area contributed by atoms with Crippen LogP contribution in [0.4, 0.5) is 0 Å². The zero-order valence-corrected chi connectivity index (χ0v) is 12.1. The van der Waals surface area contributed by atoms with Gasteiger partial charge in [-0.15, -0.1) is 0 Å². The van der Waals surface area contributed by atoms with Crippen molar-refractivity contribution in [2.45, 2.75) is 45.1 Å². The Morgan fingerprint density at radius 2 is 1.58 bits per heavy atom. The highest BCUT2D eigenvalue weighted by Crippen LogP contribution is 2.27. The number of rotatable bonds is 3. The maximum atomic E-state index is 10.5. The average molecular weight is 258 g/mol. The smallest absolute Gasteiger partial charge is 0.0963 e. The molecule has 0 aliphatic heterocycles. The Labute approximate surface area is 115 Å². The Bertz CT molecular complexity index is 513. The molecule has 2 nitrogen and oxygen atoms in total. The molecule has 0 aliphatic carbocycles. The van der Waals surface area contributed by atoms with E-state index in [-0.39, 0.29) is 5.41 Å². The van der Waals surface area contributed by atoms with Gasteiger partial charge in [0.25, 0.3) is 0 Å². The lowest BCUT2D eigenvalue weighted by Crippen LogP contribution is -2.23. The zero-order chi connectivity index (χ0) is 14.1. The van der Waals surface area contributed by atoms with Gasteiger partial charge in [0.2, 0.25) is 0 Å². The van der Waals surface area contributed by atoms with Crippen molar-refractivity contribution in [3.63, 3.8) is 0 Å². The van der Waals surface area contributed by atoms with Crippen molar-refractivity contribution in [1.29, 1.82) is 0 Å². The molecule has 0 aliphatic rings. The first-order valence-electron chi connectivity index (χ1n) is 6.63. The van der Waals surface area contributed by atoms with Crippen molar-refractivity contribution in [3.8, 4) is 0 Å². The summed E-state index contributed by atoms with van der Waals surface area (Å²) in [4.78, 5) is 0. The van der Waals surface area contributed by atoms with Gasteiger partial charge in [-0.05, 0) is 29.5 Å². The fourth-order valence-electron chi connectivity index (χ4n) is 2.19. The van der Waals surface area contributed by atoms with Crippen molar-refractivity contribution >= 4 is 0 Å². The fourth-order valence-corrected chi connectivity index (χ4v) is 2.19. The summed E-state index contributed by atoms with van der Waals surface area (Å²) in [6, 6.07) is 10.3. The van der Waals surface area contributed by atoms with Crippen molar-refractivity contribution in [1.82, 2.24) is 0 Å². The standard InChI is InChI=1S/C17H22O2/c1-16(2,3)14-7-5-13(6-8-14)11-17(4,18)15-9-10-19-12-15/h5-10,12,18H,11H2,1-4H3. The molecule has 0 fully saturated rings. The van der Waals surface area contributed by atoms with E-state index in [1.807, 2.05) is 13.0 Å². The quantitative estimate of drug-likeness (QED) is 0.901. The summed E-state index contributed by atoms with van der Waals surface area (Å²) < 4.78 is 5.04. The summed E-state index contributed by atoms with van der Waals surface area (Å²) in [5, 5.41) is 10.5. The van der Waals surface area contributed by atoms with Gasteiger partial charge < -0.3 is 9.52 Å². The van der Waals surface area contributed by atoms with Gasteiger partial charge >= 0.3 is 0 Å². The van der Waals surface area contributed by atoms with Crippen LogP contribution in [0.15, 0.2) is 47.3 Å². The maximum Gasteiger partial charge on any atom is 0.0963 e. The molecule has 0 saturated heterocycles. The topological polar surface area (TPSA) is 33.4 Å². The molecule has 2 aromatic rings. The number of benzene rings is 1. The Morgan fingerprint density at radius 3 is 2.05 bits per heavy atom. The van der Waals surface area contributed by atoms with E-state index in [0.29, 0.717) is 6.42 Å². The third kappa shape index (κ3) is 3.27. The van der Waals surface area contributed by atoms with Crippen LogP contribution < -0.4 is 0 Å². The molecule has 0 radical (unpaired) electrons. The summed E-state index contributed by atoms with van der Waals surface area (Å²) in [6.45, 7) is 8.41. The van der Waals surface area contributed by atoms with Crippen LogP contribution in [0, 0.1) is 0 Å². The fraction of sp³-hybridized carbons (Fsp3) is 0.412. The summed E-state index contributed by atoms with van der Waals surface area (Å²) in [7, 11) is 0. The van der Waals surface area contributed by atoms with E-state index < -0.39 is 5.60 Å². The Kier molecular flexibility index (Phi) is 3.55. The lowest BCUT2D eigenvalue weighted by molar-refractivity contribution is 0.0570. The first kappa shape index (κ1) is 13.9. The zero-order valence-electron chi connectivity index (χ0n) is 12.1. The highest BCUT2D eigenvalue weighted by molar-refractivity contribution is 5.29. The van der Waals surface area contributed by atoms with Gasteiger partial charge in [-0.25, -0.2) is 0 Å². The van der Waals surface area contributed by atoms with E-state index in [4.69, 9.17) is 4.42 Å². The van der Waals surface area contributed by atoms with Crippen LogP contribution in [-0.2, 0) is 17.4 Å². The first-order valence-corrected chi connectivity index (χ1v) is 6.63. The number of hydrogen-bond donors (Lipinski definition) is 1. The molecule has 102 valence electrons. The molecule has 0 saturated carbocycles. The minimum atomic E-state index is -0.893. The monoisotopic (exact) mass is 258 g/mol. The van der Waals surface area contributed by atoms with Gasteiger partial charge in [-0.2, -0.15) is 0 Å². The molecule has 0 spiro atoms. The second-order valence-electron chi connectivity index (χ2n) is 6.41. The Hall–Kier alpha value is -1.54. The number of aliphatic hydroxyl groups is 1.